The van der Waals surface area contributed by atoms with Crippen molar-refractivity contribution in [3.05, 3.63) is 70.6 Å². The Morgan fingerprint density at radius 3 is 2.29 bits per heavy atom. The van der Waals surface area contributed by atoms with Crippen molar-refractivity contribution in [2.75, 3.05) is 0 Å². The Labute approximate surface area is 131 Å². The number of aromatic nitrogens is 2. The zero-order chi connectivity index (χ0) is 14.8. The molecular weight excluding hydrogens is 310 g/mol. The lowest BCUT2D eigenvalue weighted by Crippen LogP contribution is -1.93. The van der Waals surface area contributed by atoms with Gasteiger partial charge < -0.3 is 0 Å². The summed E-state index contributed by atoms with van der Waals surface area (Å²) in [7, 11) is 0. The summed E-state index contributed by atoms with van der Waals surface area (Å²) >= 11 is 11.9. The van der Waals surface area contributed by atoms with Crippen LogP contribution in [0.5, 0.6) is 0 Å². The van der Waals surface area contributed by atoms with E-state index in [2.05, 4.69) is 9.97 Å². The van der Waals surface area contributed by atoms with Crippen LogP contribution in [0.3, 0.4) is 0 Å². The number of benzene rings is 2. The van der Waals surface area contributed by atoms with Crippen LogP contribution in [0.25, 0.3) is 22.6 Å². The summed E-state index contributed by atoms with van der Waals surface area (Å²) in [5.74, 6) is -0.106. The molecule has 0 fully saturated rings. The maximum absolute atomic E-state index is 13.5. The summed E-state index contributed by atoms with van der Waals surface area (Å²) in [5, 5.41) is 0.578. The Balaban J connectivity index is 2.14. The highest BCUT2D eigenvalue weighted by Gasteiger charge is 2.09. The Bertz CT molecular complexity index is 771. The average Bonchev–Trinajstić information content (AvgIpc) is 2.46. The molecule has 1 aromatic heterocycles. The molecular formula is C16H9Cl2FN2. The van der Waals surface area contributed by atoms with Gasteiger partial charge in [-0.1, -0.05) is 53.5 Å². The third kappa shape index (κ3) is 3.20. The van der Waals surface area contributed by atoms with Crippen molar-refractivity contribution in [1.82, 2.24) is 9.97 Å². The quantitative estimate of drug-likeness (QED) is 0.602. The van der Waals surface area contributed by atoms with E-state index in [1.54, 1.807) is 12.1 Å². The van der Waals surface area contributed by atoms with Crippen molar-refractivity contribution in [3.63, 3.8) is 0 Å². The molecule has 0 unspecified atom stereocenters. The summed E-state index contributed by atoms with van der Waals surface area (Å²) in [4.78, 5) is 8.58. The molecule has 21 heavy (non-hydrogen) atoms. The molecule has 1 heterocycles. The van der Waals surface area contributed by atoms with Gasteiger partial charge in [0, 0.05) is 22.2 Å². The molecule has 2 nitrogen and oxygen atoms in total. The largest absolute Gasteiger partial charge is 0.228 e. The Hall–Kier alpha value is -1.97. The minimum Gasteiger partial charge on any atom is -0.228 e. The Morgan fingerprint density at radius 1 is 0.810 bits per heavy atom. The molecule has 0 saturated carbocycles. The zero-order valence-electron chi connectivity index (χ0n) is 10.7. The summed E-state index contributed by atoms with van der Waals surface area (Å²) < 4.78 is 13.5. The first kappa shape index (κ1) is 14.0. The summed E-state index contributed by atoms with van der Waals surface area (Å²) in [6, 6.07) is 15.4. The van der Waals surface area contributed by atoms with Crippen LogP contribution in [-0.2, 0) is 0 Å². The van der Waals surface area contributed by atoms with Crippen molar-refractivity contribution in [2.24, 2.45) is 0 Å². The third-order valence-corrected chi connectivity index (χ3v) is 3.30. The van der Waals surface area contributed by atoms with Gasteiger partial charge in [-0.3, -0.25) is 0 Å². The van der Waals surface area contributed by atoms with Crippen molar-refractivity contribution >= 4 is 23.2 Å². The molecule has 0 bridgehead atoms. The molecule has 3 rings (SSSR count). The van der Waals surface area contributed by atoms with Crippen LogP contribution in [-0.4, -0.2) is 9.97 Å². The van der Waals surface area contributed by atoms with Crippen molar-refractivity contribution in [1.29, 1.82) is 0 Å². The molecule has 0 N–H and O–H groups in total. The first-order chi connectivity index (χ1) is 10.1. The molecule has 0 amide bonds. The number of rotatable bonds is 2. The van der Waals surface area contributed by atoms with Crippen LogP contribution < -0.4 is 0 Å². The highest BCUT2D eigenvalue weighted by atomic mass is 35.5. The highest BCUT2D eigenvalue weighted by Crippen LogP contribution is 2.26. The van der Waals surface area contributed by atoms with Crippen molar-refractivity contribution < 1.29 is 4.39 Å². The normalized spacial score (nSPS) is 10.6. The zero-order valence-corrected chi connectivity index (χ0v) is 12.2. The molecule has 0 aliphatic carbocycles. The van der Waals surface area contributed by atoms with Crippen molar-refractivity contribution in [2.45, 2.75) is 0 Å². The van der Waals surface area contributed by atoms with E-state index in [1.165, 1.54) is 12.1 Å². The second-order valence-corrected chi connectivity index (χ2v) is 5.25. The monoisotopic (exact) mass is 318 g/mol. The van der Waals surface area contributed by atoms with Crippen LogP contribution >= 0.6 is 23.2 Å². The summed E-state index contributed by atoms with van der Waals surface area (Å²) in [5.41, 5.74) is 2.07. The lowest BCUT2D eigenvalue weighted by molar-refractivity contribution is 0.628. The topological polar surface area (TPSA) is 25.8 Å². The van der Waals surface area contributed by atoms with E-state index < -0.39 is 5.82 Å². The average molecular weight is 319 g/mol. The van der Waals surface area contributed by atoms with Crippen LogP contribution in [0.15, 0.2) is 54.6 Å². The van der Waals surface area contributed by atoms with Gasteiger partial charge >= 0.3 is 0 Å². The van der Waals surface area contributed by atoms with E-state index in [9.17, 15) is 4.39 Å². The predicted molar refractivity (Wildman–Crippen MR) is 82.9 cm³/mol. The molecule has 2 aromatic carbocycles. The summed E-state index contributed by atoms with van der Waals surface area (Å²) in [6.45, 7) is 0. The maximum Gasteiger partial charge on any atom is 0.161 e. The van der Waals surface area contributed by atoms with Gasteiger partial charge in [0.2, 0.25) is 0 Å². The minimum absolute atomic E-state index is 0.287. The first-order valence-electron chi connectivity index (χ1n) is 6.18. The fraction of sp³-hybridized carbons (Fsp3) is 0. The third-order valence-electron chi connectivity index (χ3n) is 2.89. The standard InChI is InChI=1S/C16H9Cl2FN2/c17-12-6-11(7-13(19)8-12)16-20-14(9-15(18)21-16)10-4-2-1-3-5-10/h1-9H. The van der Waals surface area contributed by atoms with Crippen molar-refractivity contribution in [3.8, 4) is 22.6 Å². The van der Waals surface area contributed by atoms with Gasteiger partial charge in [-0.15, -0.1) is 0 Å². The summed E-state index contributed by atoms with van der Waals surface area (Å²) in [6.07, 6.45) is 0. The highest BCUT2D eigenvalue weighted by molar-refractivity contribution is 6.31. The van der Waals surface area contributed by atoms with Crippen LogP contribution in [0, 0.1) is 5.82 Å². The molecule has 5 heteroatoms. The fourth-order valence-electron chi connectivity index (χ4n) is 1.99. The maximum atomic E-state index is 13.5. The number of hydrogen-bond acceptors (Lipinski definition) is 2. The van der Waals surface area contributed by atoms with E-state index in [-0.39, 0.29) is 5.02 Å². The van der Waals surface area contributed by atoms with E-state index >= 15 is 0 Å². The second-order valence-electron chi connectivity index (χ2n) is 4.42. The molecule has 0 atom stereocenters. The van der Waals surface area contributed by atoms with Gasteiger partial charge in [-0.2, -0.15) is 0 Å². The Kier molecular flexibility index (Phi) is 3.86. The molecule has 0 aliphatic heterocycles. The molecule has 0 spiro atoms. The fourth-order valence-corrected chi connectivity index (χ4v) is 2.39. The van der Waals surface area contributed by atoms with Gasteiger partial charge in [0.05, 0.1) is 5.69 Å². The van der Waals surface area contributed by atoms with E-state index in [0.29, 0.717) is 22.2 Å². The van der Waals surface area contributed by atoms with Crippen LogP contribution in [0.4, 0.5) is 4.39 Å². The first-order valence-corrected chi connectivity index (χ1v) is 6.94. The van der Waals surface area contributed by atoms with Crippen LogP contribution in [0.1, 0.15) is 0 Å². The number of nitrogens with zero attached hydrogens (tertiary/aromatic N) is 2. The molecule has 0 aliphatic rings. The lowest BCUT2D eigenvalue weighted by atomic mass is 10.1. The van der Waals surface area contributed by atoms with Gasteiger partial charge in [-0.25, -0.2) is 14.4 Å². The van der Waals surface area contributed by atoms with Gasteiger partial charge in [0.1, 0.15) is 11.0 Å². The molecule has 0 radical (unpaired) electrons. The Morgan fingerprint density at radius 2 is 1.57 bits per heavy atom. The molecule has 0 saturated heterocycles. The predicted octanol–water partition coefficient (Wildman–Crippen LogP) is 5.26. The molecule has 3 aromatic rings. The van der Waals surface area contributed by atoms with Gasteiger partial charge in [0.15, 0.2) is 5.82 Å². The van der Waals surface area contributed by atoms with E-state index in [0.717, 1.165) is 5.56 Å². The minimum atomic E-state index is -0.442. The van der Waals surface area contributed by atoms with Gasteiger partial charge in [0.25, 0.3) is 0 Å². The van der Waals surface area contributed by atoms with Crippen LogP contribution in [0.2, 0.25) is 10.2 Å². The number of halogens is 3. The SMILES string of the molecule is Fc1cc(Cl)cc(-c2nc(Cl)cc(-c3ccccc3)n2)c1. The van der Waals surface area contributed by atoms with E-state index in [1.807, 2.05) is 30.3 Å². The second kappa shape index (κ2) is 5.80. The smallest absolute Gasteiger partial charge is 0.161 e. The lowest BCUT2D eigenvalue weighted by Gasteiger charge is -2.06. The number of hydrogen-bond donors (Lipinski definition) is 0. The molecule has 104 valence electrons. The van der Waals surface area contributed by atoms with E-state index in [4.69, 9.17) is 23.2 Å². The van der Waals surface area contributed by atoms with Gasteiger partial charge in [-0.05, 0) is 18.2 Å².